The highest BCUT2D eigenvalue weighted by Gasteiger charge is 2.14. The maximum absolute atomic E-state index is 5.39. The van der Waals surface area contributed by atoms with Gasteiger partial charge in [-0.05, 0) is 31.3 Å². The molecule has 1 aromatic carbocycles. The van der Waals surface area contributed by atoms with Gasteiger partial charge in [0.05, 0.1) is 11.2 Å². The number of aryl methyl sites for hydroxylation is 1. The van der Waals surface area contributed by atoms with Crippen LogP contribution in [0.2, 0.25) is 0 Å². The molecule has 0 atom stereocenters. The molecule has 0 fully saturated rings. The van der Waals surface area contributed by atoms with Crippen molar-refractivity contribution in [3.8, 4) is 5.69 Å². The van der Waals surface area contributed by atoms with Crippen molar-refractivity contribution in [2.45, 2.75) is 26.7 Å². The van der Waals surface area contributed by atoms with E-state index in [1.54, 1.807) is 0 Å². The van der Waals surface area contributed by atoms with Crippen molar-refractivity contribution in [1.29, 1.82) is 0 Å². The van der Waals surface area contributed by atoms with Crippen molar-refractivity contribution < 1.29 is 0 Å². The Labute approximate surface area is 122 Å². The Balaban J connectivity index is 2.38. The lowest BCUT2D eigenvalue weighted by Crippen LogP contribution is -2.04. The second kappa shape index (κ2) is 4.83. The van der Waals surface area contributed by atoms with Gasteiger partial charge in [0.2, 0.25) is 0 Å². The zero-order valence-corrected chi connectivity index (χ0v) is 12.5. The van der Waals surface area contributed by atoms with Crippen LogP contribution in [-0.2, 0) is 0 Å². The Morgan fingerprint density at radius 1 is 1.20 bits per heavy atom. The zero-order chi connectivity index (χ0) is 14.3. The summed E-state index contributed by atoms with van der Waals surface area (Å²) >= 11 is 5.39. The highest BCUT2D eigenvalue weighted by molar-refractivity contribution is 7.71. The molecule has 0 amide bonds. The molecule has 0 unspecified atom stereocenters. The number of nitrogens with one attached hydrogen (secondary N) is 1. The summed E-state index contributed by atoms with van der Waals surface area (Å²) in [6, 6.07) is 10.2. The zero-order valence-electron chi connectivity index (χ0n) is 11.7. The first-order valence-electron chi connectivity index (χ1n) is 6.62. The number of hydrogen-bond acceptors (Lipinski definition) is 3. The normalized spacial score (nSPS) is 11.4. The Morgan fingerprint density at radius 3 is 2.75 bits per heavy atom. The molecule has 5 heteroatoms. The molecule has 0 radical (unpaired) electrons. The van der Waals surface area contributed by atoms with Gasteiger partial charge in [-0.25, -0.2) is 0 Å². The van der Waals surface area contributed by atoms with E-state index >= 15 is 0 Å². The van der Waals surface area contributed by atoms with Crippen molar-refractivity contribution in [2.24, 2.45) is 0 Å². The van der Waals surface area contributed by atoms with E-state index in [9.17, 15) is 0 Å². The van der Waals surface area contributed by atoms with Gasteiger partial charge in [-0.1, -0.05) is 32.0 Å². The van der Waals surface area contributed by atoms with E-state index in [1.165, 1.54) is 0 Å². The highest BCUT2D eigenvalue weighted by atomic mass is 32.1. The SMILES string of the molecule is Cc1ccc2cccc(-n3c(C(C)C)n[nH]c3=S)c2n1. The summed E-state index contributed by atoms with van der Waals surface area (Å²) in [4.78, 5) is 4.66. The van der Waals surface area contributed by atoms with Crippen LogP contribution in [0.25, 0.3) is 16.6 Å². The number of nitrogens with zero attached hydrogens (tertiary/aromatic N) is 3. The largest absolute Gasteiger partial charge is 0.270 e. The van der Waals surface area contributed by atoms with Gasteiger partial charge in [0.15, 0.2) is 4.77 Å². The van der Waals surface area contributed by atoms with Crippen LogP contribution in [0.15, 0.2) is 30.3 Å². The number of para-hydroxylation sites is 1. The quantitative estimate of drug-likeness (QED) is 0.726. The predicted octanol–water partition coefficient (Wildman–Crippen LogP) is 3.91. The first-order chi connectivity index (χ1) is 9.58. The molecule has 3 aromatic rings. The molecule has 3 rings (SSSR count). The molecule has 0 saturated carbocycles. The summed E-state index contributed by atoms with van der Waals surface area (Å²) in [5.41, 5.74) is 2.92. The number of benzene rings is 1. The maximum atomic E-state index is 5.39. The molecule has 0 aliphatic rings. The fourth-order valence-electron chi connectivity index (χ4n) is 2.34. The van der Waals surface area contributed by atoms with Crippen LogP contribution >= 0.6 is 12.2 Å². The van der Waals surface area contributed by atoms with Crippen molar-refractivity contribution in [3.63, 3.8) is 0 Å². The number of aromatic amines is 1. The van der Waals surface area contributed by atoms with Crippen molar-refractivity contribution >= 4 is 23.1 Å². The average molecular weight is 284 g/mol. The Hall–Kier alpha value is -2.01. The Bertz CT molecular complexity index is 829. The number of H-pyrrole nitrogens is 1. The standard InChI is InChI=1S/C15H16N4S/c1-9(2)14-17-18-15(20)19(14)12-6-4-5-11-8-7-10(3)16-13(11)12/h4-9H,1-3H3,(H,18,20). The Kier molecular flexibility index (Phi) is 3.14. The number of rotatable bonds is 2. The van der Waals surface area contributed by atoms with Crippen molar-refractivity contribution in [1.82, 2.24) is 19.7 Å². The van der Waals surface area contributed by atoms with Crippen LogP contribution in [-0.4, -0.2) is 19.7 Å². The van der Waals surface area contributed by atoms with Gasteiger partial charge in [0, 0.05) is 17.0 Å². The van der Waals surface area contributed by atoms with Gasteiger partial charge in [-0.2, -0.15) is 5.10 Å². The van der Waals surface area contributed by atoms with E-state index in [4.69, 9.17) is 12.2 Å². The minimum absolute atomic E-state index is 0.281. The van der Waals surface area contributed by atoms with Gasteiger partial charge in [-0.3, -0.25) is 14.6 Å². The van der Waals surface area contributed by atoms with Gasteiger partial charge in [0.25, 0.3) is 0 Å². The number of aromatic nitrogens is 4. The van der Waals surface area contributed by atoms with Gasteiger partial charge in [0.1, 0.15) is 5.82 Å². The van der Waals surface area contributed by atoms with Gasteiger partial charge in [-0.15, -0.1) is 0 Å². The number of pyridine rings is 1. The Morgan fingerprint density at radius 2 is 2.00 bits per heavy atom. The fourth-order valence-corrected chi connectivity index (χ4v) is 2.58. The van der Waals surface area contributed by atoms with Gasteiger partial charge < -0.3 is 0 Å². The van der Waals surface area contributed by atoms with Crippen LogP contribution in [0.5, 0.6) is 0 Å². The van der Waals surface area contributed by atoms with Crippen LogP contribution in [0.1, 0.15) is 31.3 Å². The summed E-state index contributed by atoms with van der Waals surface area (Å²) in [7, 11) is 0. The molecule has 0 aliphatic carbocycles. The molecule has 20 heavy (non-hydrogen) atoms. The molecular formula is C15H16N4S. The number of fused-ring (bicyclic) bond motifs is 1. The first kappa shape index (κ1) is 13.0. The van der Waals surface area contributed by atoms with Crippen molar-refractivity contribution in [2.75, 3.05) is 0 Å². The summed E-state index contributed by atoms with van der Waals surface area (Å²) < 4.78 is 2.58. The van der Waals surface area contributed by atoms with E-state index in [0.29, 0.717) is 4.77 Å². The fraction of sp³-hybridized carbons (Fsp3) is 0.267. The molecular weight excluding hydrogens is 268 g/mol. The topological polar surface area (TPSA) is 46.5 Å². The molecule has 4 nitrogen and oxygen atoms in total. The van der Waals surface area contributed by atoms with Crippen LogP contribution < -0.4 is 0 Å². The van der Waals surface area contributed by atoms with E-state index in [0.717, 1.165) is 28.1 Å². The molecule has 1 N–H and O–H groups in total. The first-order valence-corrected chi connectivity index (χ1v) is 7.03. The number of hydrogen-bond donors (Lipinski definition) is 1. The lowest BCUT2D eigenvalue weighted by atomic mass is 10.1. The summed E-state index contributed by atoms with van der Waals surface area (Å²) in [6.07, 6.45) is 0. The molecule has 0 aliphatic heterocycles. The third-order valence-electron chi connectivity index (χ3n) is 3.29. The van der Waals surface area contributed by atoms with E-state index in [-0.39, 0.29) is 5.92 Å². The van der Waals surface area contributed by atoms with E-state index < -0.39 is 0 Å². The smallest absolute Gasteiger partial charge is 0.199 e. The molecule has 0 saturated heterocycles. The predicted molar refractivity (Wildman–Crippen MR) is 82.9 cm³/mol. The summed E-state index contributed by atoms with van der Waals surface area (Å²) in [5.74, 6) is 1.20. The van der Waals surface area contributed by atoms with Crippen LogP contribution in [0, 0.1) is 11.7 Å². The second-order valence-corrected chi connectivity index (χ2v) is 5.57. The highest BCUT2D eigenvalue weighted by Crippen LogP contribution is 2.24. The molecule has 0 spiro atoms. The van der Waals surface area contributed by atoms with E-state index in [1.807, 2.05) is 29.7 Å². The molecule has 102 valence electrons. The van der Waals surface area contributed by atoms with Crippen molar-refractivity contribution in [3.05, 3.63) is 46.6 Å². The molecule has 2 aromatic heterocycles. The van der Waals surface area contributed by atoms with E-state index in [2.05, 4.69) is 41.2 Å². The minimum Gasteiger partial charge on any atom is -0.270 e. The molecule has 0 bridgehead atoms. The molecule has 2 heterocycles. The van der Waals surface area contributed by atoms with Gasteiger partial charge >= 0.3 is 0 Å². The lowest BCUT2D eigenvalue weighted by Gasteiger charge is -2.11. The summed E-state index contributed by atoms with van der Waals surface area (Å²) in [5, 5.41) is 8.33. The third-order valence-corrected chi connectivity index (χ3v) is 3.57. The monoisotopic (exact) mass is 284 g/mol. The van der Waals surface area contributed by atoms with Crippen LogP contribution in [0.4, 0.5) is 0 Å². The third kappa shape index (κ3) is 2.04. The summed E-state index contributed by atoms with van der Waals surface area (Å²) in [6.45, 7) is 6.20. The minimum atomic E-state index is 0.281. The lowest BCUT2D eigenvalue weighted by molar-refractivity contribution is 0.745. The second-order valence-electron chi connectivity index (χ2n) is 5.18. The average Bonchev–Trinajstić information content (AvgIpc) is 2.80. The van der Waals surface area contributed by atoms with Crippen LogP contribution in [0.3, 0.4) is 0 Å². The maximum Gasteiger partial charge on any atom is 0.199 e.